The molecule has 6 nitrogen and oxygen atoms in total. The van der Waals surface area contributed by atoms with Crippen LogP contribution in [-0.2, 0) is 6.54 Å². The van der Waals surface area contributed by atoms with Gasteiger partial charge in [0.05, 0.1) is 12.2 Å². The van der Waals surface area contributed by atoms with E-state index in [2.05, 4.69) is 48.6 Å². The van der Waals surface area contributed by atoms with Crippen molar-refractivity contribution in [1.29, 1.82) is 0 Å². The Morgan fingerprint density at radius 2 is 2.00 bits per heavy atom. The van der Waals surface area contributed by atoms with E-state index in [0.29, 0.717) is 5.92 Å². The largest absolute Gasteiger partial charge is 0.356 e. The first-order valence-electron chi connectivity index (χ1n) is 9.16. The van der Waals surface area contributed by atoms with E-state index in [1.165, 1.54) is 5.56 Å². The molecule has 3 aromatic rings. The van der Waals surface area contributed by atoms with Crippen molar-refractivity contribution in [3.05, 3.63) is 65.9 Å². The zero-order chi connectivity index (χ0) is 17.9. The average Bonchev–Trinajstić information content (AvgIpc) is 3.13. The molecule has 1 saturated heterocycles. The Hall–Kier alpha value is -2.76. The molecular weight excluding hydrogens is 324 g/mol. The van der Waals surface area contributed by atoms with Gasteiger partial charge < -0.3 is 9.47 Å². The molecule has 1 fully saturated rings. The van der Waals surface area contributed by atoms with Gasteiger partial charge in [-0.15, -0.1) is 0 Å². The van der Waals surface area contributed by atoms with Gasteiger partial charge in [0.1, 0.15) is 18.0 Å². The van der Waals surface area contributed by atoms with Gasteiger partial charge in [-0.3, -0.25) is 4.98 Å². The van der Waals surface area contributed by atoms with E-state index < -0.39 is 0 Å². The Labute approximate surface area is 154 Å². The van der Waals surface area contributed by atoms with Crippen molar-refractivity contribution in [1.82, 2.24) is 24.5 Å². The van der Waals surface area contributed by atoms with Gasteiger partial charge >= 0.3 is 0 Å². The number of piperidine rings is 1. The first-order valence-corrected chi connectivity index (χ1v) is 9.16. The summed E-state index contributed by atoms with van der Waals surface area (Å²) in [5.41, 5.74) is 3.28. The van der Waals surface area contributed by atoms with Crippen LogP contribution in [0.3, 0.4) is 0 Å². The Morgan fingerprint density at radius 3 is 2.85 bits per heavy atom. The number of imidazole rings is 1. The molecule has 0 bridgehead atoms. The third-order valence-electron chi connectivity index (χ3n) is 5.20. The third-order valence-corrected chi connectivity index (χ3v) is 5.20. The Morgan fingerprint density at radius 1 is 1.08 bits per heavy atom. The molecule has 3 aromatic heterocycles. The number of aryl methyl sites for hydroxylation is 1. The van der Waals surface area contributed by atoms with Crippen LogP contribution in [0.15, 0.2) is 43.1 Å². The van der Waals surface area contributed by atoms with Gasteiger partial charge in [0.2, 0.25) is 0 Å². The van der Waals surface area contributed by atoms with Crippen molar-refractivity contribution in [3.8, 4) is 0 Å². The fraction of sp³-hybridized carbons (Fsp3) is 0.400. The molecule has 134 valence electrons. The standard InChI is InChI=1S/C20H24N6/c1-15-16(2)23-14-24-19(15)25-10-5-6-17(12-25)20-22-9-11-26(20)13-18-7-3-4-8-21-18/h3-4,7-9,11,14,17H,5-6,10,12-13H2,1-2H3. The van der Waals surface area contributed by atoms with Gasteiger partial charge in [-0.2, -0.15) is 0 Å². The summed E-state index contributed by atoms with van der Waals surface area (Å²) in [7, 11) is 0. The van der Waals surface area contributed by atoms with Crippen LogP contribution in [0.5, 0.6) is 0 Å². The van der Waals surface area contributed by atoms with Crippen molar-refractivity contribution < 1.29 is 0 Å². The fourth-order valence-corrected chi connectivity index (χ4v) is 3.71. The third kappa shape index (κ3) is 3.31. The van der Waals surface area contributed by atoms with Crippen molar-refractivity contribution in [2.45, 2.75) is 39.2 Å². The van der Waals surface area contributed by atoms with Gasteiger partial charge in [-0.05, 0) is 38.8 Å². The van der Waals surface area contributed by atoms with E-state index in [4.69, 9.17) is 0 Å². The first-order chi connectivity index (χ1) is 12.7. The molecule has 0 saturated carbocycles. The molecule has 4 rings (SSSR count). The Bertz CT molecular complexity index is 873. The van der Waals surface area contributed by atoms with Crippen LogP contribution < -0.4 is 4.90 Å². The first kappa shape index (κ1) is 16.7. The highest BCUT2D eigenvalue weighted by Gasteiger charge is 2.26. The molecule has 0 aromatic carbocycles. The minimum Gasteiger partial charge on any atom is -0.356 e. The van der Waals surface area contributed by atoms with Crippen LogP contribution in [0.1, 0.15) is 41.5 Å². The lowest BCUT2D eigenvalue weighted by atomic mass is 9.96. The number of hydrogen-bond acceptors (Lipinski definition) is 5. The van der Waals surface area contributed by atoms with Crippen LogP contribution in [0.2, 0.25) is 0 Å². The summed E-state index contributed by atoms with van der Waals surface area (Å²) in [6, 6.07) is 6.04. The molecule has 0 N–H and O–H groups in total. The zero-order valence-corrected chi connectivity index (χ0v) is 15.3. The number of aromatic nitrogens is 5. The minimum absolute atomic E-state index is 0.400. The minimum atomic E-state index is 0.400. The molecule has 0 amide bonds. The fourth-order valence-electron chi connectivity index (χ4n) is 3.71. The number of rotatable bonds is 4. The Balaban J connectivity index is 1.55. The predicted molar refractivity (Wildman–Crippen MR) is 101 cm³/mol. The van der Waals surface area contributed by atoms with Crippen LogP contribution in [-0.4, -0.2) is 37.6 Å². The second kappa shape index (κ2) is 7.23. The molecule has 0 radical (unpaired) electrons. The number of anilines is 1. The Kier molecular flexibility index (Phi) is 4.65. The maximum Gasteiger partial charge on any atom is 0.135 e. The van der Waals surface area contributed by atoms with E-state index >= 15 is 0 Å². The van der Waals surface area contributed by atoms with Gasteiger partial charge in [-0.25, -0.2) is 15.0 Å². The molecule has 1 atom stereocenters. The van der Waals surface area contributed by atoms with Gasteiger partial charge in [0.15, 0.2) is 0 Å². The lowest BCUT2D eigenvalue weighted by Crippen LogP contribution is -2.36. The van der Waals surface area contributed by atoms with Crippen LogP contribution in [0, 0.1) is 13.8 Å². The topological polar surface area (TPSA) is 59.7 Å². The summed E-state index contributed by atoms with van der Waals surface area (Å²) in [6.45, 7) is 6.89. The van der Waals surface area contributed by atoms with Crippen molar-refractivity contribution >= 4 is 5.82 Å². The summed E-state index contributed by atoms with van der Waals surface area (Å²) < 4.78 is 2.23. The summed E-state index contributed by atoms with van der Waals surface area (Å²) in [5.74, 6) is 2.60. The van der Waals surface area contributed by atoms with Crippen LogP contribution in [0.25, 0.3) is 0 Å². The molecule has 4 heterocycles. The molecule has 26 heavy (non-hydrogen) atoms. The predicted octanol–water partition coefficient (Wildman–Crippen LogP) is 3.12. The zero-order valence-electron chi connectivity index (χ0n) is 15.3. The summed E-state index contributed by atoms with van der Waals surface area (Å²) in [6.07, 6.45) is 9.76. The maximum absolute atomic E-state index is 4.68. The summed E-state index contributed by atoms with van der Waals surface area (Å²) in [5, 5.41) is 0. The summed E-state index contributed by atoms with van der Waals surface area (Å²) >= 11 is 0. The average molecular weight is 348 g/mol. The second-order valence-corrected chi connectivity index (χ2v) is 6.93. The van der Waals surface area contributed by atoms with E-state index in [9.17, 15) is 0 Å². The van der Waals surface area contributed by atoms with Crippen molar-refractivity contribution in [3.63, 3.8) is 0 Å². The highest BCUT2D eigenvalue weighted by Crippen LogP contribution is 2.30. The van der Waals surface area contributed by atoms with E-state index in [1.807, 2.05) is 31.5 Å². The second-order valence-electron chi connectivity index (χ2n) is 6.93. The van der Waals surface area contributed by atoms with Gasteiger partial charge in [-0.1, -0.05) is 6.07 Å². The highest BCUT2D eigenvalue weighted by atomic mass is 15.2. The lowest BCUT2D eigenvalue weighted by molar-refractivity contribution is 0.472. The molecule has 1 aliphatic heterocycles. The maximum atomic E-state index is 4.68. The number of nitrogens with zero attached hydrogens (tertiary/aromatic N) is 6. The van der Waals surface area contributed by atoms with Crippen LogP contribution >= 0.6 is 0 Å². The lowest BCUT2D eigenvalue weighted by Gasteiger charge is -2.34. The van der Waals surface area contributed by atoms with Crippen molar-refractivity contribution in [2.24, 2.45) is 0 Å². The quantitative estimate of drug-likeness (QED) is 0.725. The number of hydrogen-bond donors (Lipinski definition) is 0. The molecule has 0 aliphatic carbocycles. The smallest absolute Gasteiger partial charge is 0.135 e. The van der Waals surface area contributed by atoms with Crippen molar-refractivity contribution in [2.75, 3.05) is 18.0 Å². The van der Waals surface area contributed by atoms with Gasteiger partial charge in [0, 0.05) is 48.9 Å². The van der Waals surface area contributed by atoms with Crippen LogP contribution in [0.4, 0.5) is 5.82 Å². The number of pyridine rings is 1. The van der Waals surface area contributed by atoms with E-state index in [0.717, 1.165) is 55.5 Å². The highest BCUT2D eigenvalue weighted by molar-refractivity contribution is 5.48. The van der Waals surface area contributed by atoms with Gasteiger partial charge in [0.25, 0.3) is 0 Å². The summed E-state index contributed by atoms with van der Waals surface area (Å²) in [4.78, 5) is 20.4. The normalized spacial score (nSPS) is 17.5. The van der Waals surface area contributed by atoms with E-state index in [1.54, 1.807) is 6.33 Å². The molecule has 1 aliphatic rings. The monoisotopic (exact) mass is 348 g/mol. The molecular formula is C20H24N6. The molecule has 0 spiro atoms. The molecule has 1 unspecified atom stereocenters. The SMILES string of the molecule is Cc1ncnc(N2CCCC(c3nccn3Cc3ccccn3)C2)c1C. The van der Waals surface area contributed by atoms with E-state index in [-0.39, 0.29) is 0 Å². The molecule has 6 heteroatoms.